The molecular formula is C26H32FNO6S. The van der Waals surface area contributed by atoms with E-state index in [2.05, 4.69) is 0 Å². The average molecular weight is 506 g/mol. The molecule has 1 aliphatic rings. The highest BCUT2D eigenvalue weighted by Gasteiger charge is 2.35. The van der Waals surface area contributed by atoms with Crippen LogP contribution in [0.4, 0.5) is 10.1 Å². The summed E-state index contributed by atoms with van der Waals surface area (Å²) in [5.74, 6) is -0.659. The van der Waals surface area contributed by atoms with Crippen LogP contribution in [0.5, 0.6) is 5.75 Å². The van der Waals surface area contributed by atoms with Gasteiger partial charge in [-0.05, 0) is 67.6 Å². The lowest BCUT2D eigenvalue weighted by molar-refractivity contribution is -0.152. The summed E-state index contributed by atoms with van der Waals surface area (Å²) < 4.78 is 53.2. The third kappa shape index (κ3) is 6.60. The number of esters is 1. The number of carbonyl (C=O) groups excluding carboxylic acids is 2. The van der Waals surface area contributed by atoms with Crippen molar-refractivity contribution in [1.29, 1.82) is 0 Å². The van der Waals surface area contributed by atoms with Crippen molar-refractivity contribution in [1.82, 2.24) is 0 Å². The molecule has 0 fully saturated rings. The quantitative estimate of drug-likeness (QED) is 0.484. The zero-order valence-corrected chi connectivity index (χ0v) is 21.5. The summed E-state index contributed by atoms with van der Waals surface area (Å²) in [7, 11) is -4.06. The Labute approximate surface area is 206 Å². The second kappa shape index (κ2) is 10.4. The van der Waals surface area contributed by atoms with Gasteiger partial charge in [-0.2, -0.15) is 0 Å². The molecule has 0 radical (unpaired) electrons. The average Bonchev–Trinajstić information content (AvgIpc) is 2.76. The predicted molar refractivity (Wildman–Crippen MR) is 130 cm³/mol. The van der Waals surface area contributed by atoms with Gasteiger partial charge in [0.2, 0.25) is 0 Å². The second-order valence-corrected chi connectivity index (χ2v) is 11.8. The summed E-state index contributed by atoms with van der Waals surface area (Å²) >= 11 is 0. The molecule has 2 atom stereocenters. The van der Waals surface area contributed by atoms with Gasteiger partial charge in [-0.15, -0.1) is 0 Å². The minimum absolute atomic E-state index is 0.0189. The first-order valence-corrected chi connectivity index (χ1v) is 13.0. The first kappa shape index (κ1) is 26.7. The maximum Gasteiger partial charge on any atom is 0.310 e. The zero-order valence-electron chi connectivity index (χ0n) is 20.7. The van der Waals surface area contributed by atoms with Crippen LogP contribution in [0.1, 0.15) is 53.0 Å². The van der Waals surface area contributed by atoms with Crippen molar-refractivity contribution in [3.63, 3.8) is 0 Å². The molecule has 1 unspecified atom stereocenters. The first-order valence-electron chi connectivity index (χ1n) is 11.5. The number of ketones is 1. The van der Waals surface area contributed by atoms with Crippen molar-refractivity contribution in [3.05, 3.63) is 53.8 Å². The molecule has 0 amide bonds. The van der Waals surface area contributed by atoms with Gasteiger partial charge in [0, 0.05) is 6.42 Å². The molecule has 1 heterocycles. The van der Waals surface area contributed by atoms with E-state index >= 15 is 0 Å². The van der Waals surface area contributed by atoms with Gasteiger partial charge in [-0.1, -0.05) is 26.8 Å². The van der Waals surface area contributed by atoms with Crippen molar-refractivity contribution < 1.29 is 31.9 Å². The summed E-state index contributed by atoms with van der Waals surface area (Å²) in [4.78, 5) is 23.9. The summed E-state index contributed by atoms with van der Waals surface area (Å²) in [5, 5.41) is 0. The number of hydrogen-bond donors (Lipinski definition) is 0. The molecule has 9 heteroatoms. The number of sulfonamides is 1. The van der Waals surface area contributed by atoms with Gasteiger partial charge in [0.25, 0.3) is 10.0 Å². The van der Waals surface area contributed by atoms with Crippen LogP contribution in [-0.2, 0) is 30.8 Å². The smallest absolute Gasteiger partial charge is 0.310 e. The fourth-order valence-corrected chi connectivity index (χ4v) is 5.02. The Kier molecular flexibility index (Phi) is 7.89. The van der Waals surface area contributed by atoms with E-state index in [9.17, 15) is 22.4 Å². The Morgan fingerprint density at radius 3 is 2.43 bits per heavy atom. The zero-order chi connectivity index (χ0) is 26.0. The first-order chi connectivity index (χ1) is 16.3. The van der Waals surface area contributed by atoms with E-state index in [-0.39, 0.29) is 47.3 Å². The molecular weight excluding hydrogens is 473 g/mol. The van der Waals surface area contributed by atoms with Gasteiger partial charge in [-0.25, -0.2) is 12.8 Å². The normalized spacial score (nSPS) is 16.7. The minimum Gasteiger partial charge on any atom is -0.486 e. The minimum atomic E-state index is -4.06. The Balaban J connectivity index is 1.93. The summed E-state index contributed by atoms with van der Waals surface area (Å²) in [6, 6.07) is 9.50. The molecule has 0 spiro atoms. The van der Waals surface area contributed by atoms with E-state index in [0.717, 1.165) is 12.1 Å². The van der Waals surface area contributed by atoms with E-state index in [0.29, 0.717) is 17.7 Å². The number of fused-ring (bicyclic) bond motifs is 1. The van der Waals surface area contributed by atoms with Crippen LogP contribution in [0.15, 0.2) is 47.4 Å². The molecule has 0 N–H and O–H groups in total. The summed E-state index contributed by atoms with van der Waals surface area (Å²) in [6.45, 7) is 9.20. The number of benzene rings is 2. The Morgan fingerprint density at radius 1 is 1.17 bits per heavy atom. The largest absolute Gasteiger partial charge is 0.486 e. The molecule has 2 aromatic rings. The van der Waals surface area contributed by atoms with E-state index in [4.69, 9.17) is 9.47 Å². The third-order valence-corrected chi connectivity index (χ3v) is 7.85. The van der Waals surface area contributed by atoms with Crippen molar-refractivity contribution in [2.75, 3.05) is 10.8 Å². The number of Topliss-reactive ketones (excluding diaryl/α,β-unsaturated/α-hetero) is 1. The molecule has 0 aromatic heterocycles. The number of rotatable bonds is 8. The second-order valence-electron chi connectivity index (χ2n) is 9.95. The highest BCUT2D eigenvalue weighted by Crippen LogP contribution is 2.39. The standard InChI is InChI=1S/C26H32FNO6S/c1-17(29)6-10-21-16-28(35(31,32)22-11-8-20(27)9-12-22)23-14-19(7-13-24(23)34-21)15-25(30)33-18(2)26(3,4)5/h7-9,11-14,18,21H,6,10,15-16H2,1-5H3/t18?,21-/m0/s1. The number of ether oxygens (including phenoxy) is 2. The van der Waals surface area contributed by atoms with Gasteiger partial charge in [0.15, 0.2) is 0 Å². The SMILES string of the molecule is CC(=O)CC[C@H]1CN(S(=O)(=O)c2ccc(F)cc2)c2cc(CC(=O)OC(C)C(C)(C)C)ccc2O1. The van der Waals surface area contributed by atoms with Gasteiger partial charge < -0.3 is 14.3 Å². The van der Waals surface area contributed by atoms with Crippen molar-refractivity contribution >= 4 is 27.5 Å². The lowest BCUT2D eigenvalue weighted by Crippen LogP contribution is -2.43. The van der Waals surface area contributed by atoms with Crippen LogP contribution < -0.4 is 9.04 Å². The Bertz CT molecular complexity index is 1190. The highest BCUT2D eigenvalue weighted by molar-refractivity contribution is 7.92. The van der Waals surface area contributed by atoms with E-state index in [1.807, 2.05) is 27.7 Å². The third-order valence-electron chi connectivity index (χ3n) is 6.05. The van der Waals surface area contributed by atoms with Crippen LogP contribution in [0.3, 0.4) is 0 Å². The van der Waals surface area contributed by atoms with E-state index < -0.39 is 27.9 Å². The lowest BCUT2D eigenvalue weighted by atomic mass is 9.90. The van der Waals surface area contributed by atoms with E-state index in [1.165, 1.54) is 23.4 Å². The van der Waals surface area contributed by atoms with Gasteiger partial charge >= 0.3 is 5.97 Å². The van der Waals surface area contributed by atoms with Crippen LogP contribution in [0, 0.1) is 11.2 Å². The molecule has 7 nitrogen and oxygen atoms in total. The summed E-state index contributed by atoms with van der Waals surface area (Å²) in [5.41, 5.74) is 0.636. The Hall–Kier alpha value is -2.94. The fraction of sp³-hybridized carbons (Fsp3) is 0.462. The van der Waals surface area contributed by atoms with Crippen LogP contribution >= 0.6 is 0 Å². The monoisotopic (exact) mass is 505 g/mol. The Morgan fingerprint density at radius 2 is 1.83 bits per heavy atom. The van der Waals surface area contributed by atoms with Crippen molar-refractivity contribution in [3.8, 4) is 5.75 Å². The van der Waals surface area contributed by atoms with Crippen molar-refractivity contribution in [2.24, 2.45) is 5.41 Å². The van der Waals surface area contributed by atoms with Crippen LogP contribution in [0.25, 0.3) is 0 Å². The molecule has 190 valence electrons. The molecule has 0 saturated heterocycles. The van der Waals surface area contributed by atoms with Crippen LogP contribution in [0.2, 0.25) is 0 Å². The molecule has 3 rings (SSSR count). The fourth-order valence-electron chi connectivity index (χ4n) is 3.53. The number of nitrogens with zero attached hydrogens (tertiary/aromatic N) is 1. The predicted octanol–water partition coefficient (Wildman–Crippen LogP) is 4.67. The van der Waals surface area contributed by atoms with Gasteiger partial charge in [-0.3, -0.25) is 9.10 Å². The maximum absolute atomic E-state index is 13.5. The van der Waals surface area contributed by atoms with Gasteiger partial charge in [0.1, 0.15) is 29.6 Å². The maximum atomic E-state index is 13.5. The van der Waals surface area contributed by atoms with Crippen molar-refractivity contribution in [2.45, 2.75) is 71.0 Å². The molecule has 2 aromatic carbocycles. The molecule has 1 aliphatic heterocycles. The van der Waals surface area contributed by atoms with E-state index in [1.54, 1.807) is 18.2 Å². The molecule has 0 bridgehead atoms. The molecule has 0 saturated carbocycles. The molecule has 0 aliphatic carbocycles. The molecule has 35 heavy (non-hydrogen) atoms. The number of halogens is 1. The number of carbonyl (C=O) groups is 2. The number of anilines is 1. The number of hydrogen-bond acceptors (Lipinski definition) is 6. The van der Waals surface area contributed by atoms with Crippen LogP contribution in [-0.4, -0.2) is 38.9 Å². The topological polar surface area (TPSA) is 90.0 Å². The highest BCUT2D eigenvalue weighted by atomic mass is 32.2. The lowest BCUT2D eigenvalue weighted by Gasteiger charge is -2.35. The summed E-state index contributed by atoms with van der Waals surface area (Å²) in [6.07, 6.45) is -0.270. The van der Waals surface area contributed by atoms with Gasteiger partial charge in [0.05, 0.1) is 23.5 Å².